The first-order chi connectivity index (χ1) is 12.3. The fourth-order valence-corrected chi connectivity index (χ4v) is 3.57. The van der Waals surface area contributed by atoms with Crippen LogP contribution in [0, 0.1) is 6.92 Å². The molecule has 0 bridgehead atoms. The van der Waals surface area contributed by atoms with Crippen LogP contribution in [0.2, 0.25) is 0 Å². The molecule has 1 aromatic carbocycles. The van der Waals surface area contributed by atoms with Crippen LogP contribution in [0.4, 0.5) is 19.0 Å². The van der Waals surface area contributed by atoms with Gasteiger partial charge in [-0.2, -0.15) is 13.2 Å². The summed E-state index contributed by atoms with van der Waals surface area (Å²) in [5, 5.41) is 22.0. The van der Waals surface area contributed by atoms with E-state index in [1.165, 1.54) is 6.92 Å². The number of aromatic nitrogens is 2. The van der Waals surface area contributed by atoms with Gasteiger partial charge in [-0.3, -0.25) is 0 Å². The maximum Gasteiger partial charge on any atom is 0.416 e. The molecule has 2 aromatic rings. The van der Waals surface area contributed by atoms with Crippen LogP contribution in [0.1, 0.15) is 23.1 Å². The van der Waals surface area contributed by atoms with Gasteiger partial charge >= 0.3 is 6.18 Å². The van der Waals surface area contributed by atoms with Crippen molar-refractivity contribution in [1.82, 2.24) is 15.5 Å². The molecule has 1 fully saturated rings. The molecule has 1 aromatic heterocycles. The molecule has 1 saturated heterocycles. The molecule has 2 aliphatic rings. The second-order valence-corrected chi connectivity index (χ2v) is 6.90. The van der Waals surface area contributed by atoms with Gasteiger partial charge < -0.3 is 15.3 Å². The first-order valence-electron chi connectivity index (χ1n) is 8.59. The predicted octanol–water partition coefficient (Wildman–Crippen LogP) is 2.90. The number of nitrogens with zero attached hydrogens (tertiary/aromatic N) is 3. The molecule has 3 heterocycles. The lowest BCUT2D eigenvalue weighted by molar-refractivity contribution is -0.137. The largest absolute Gasteiger partial charge is 0.507 e. The first kappa shape index (κ1) is 17.1. The van der Waals surface area contributed by atoms with E-state index in [0.717, 1.165) is 56.0 Å². The number of anilines is 1. The van der Waals surface area contributed by atoms with Gasteiger partial charge in [-0.1, -0.05) is 0 Å². The third-order valence-corrected chi connectivity index (χ3v) is 5.07. The SMILES string of the molecule is Cc1cc(C(F)(F)F)cc(O)c1-c1cc2c(nn1)N(C[C@H]1CCN1)CC2. The maximum atomic E-state index is 12.9. The highest BCUT2D eigenvalue weighted by Crippen LogP contribution is 2.39. The lowest BCUT2D eigenvalue weighted by Gasteiger charge is -2.32. The van der Waals surface area contributed by atoms with E-state index in [4.69, 9.17) is 0 Å². The summed E-state index contributed by atoms with van der Waals surface area (Å²) in [5.74, 6) is 0.395. The summed E-state index contributed by atoms with van der Waals surface area (Å²) >= 11 is 0. The van der Waals surface area contributed by atoms with E-state index in [1.807, 2.05) is 6.07 Å². The molecule has 4 rings (SSSR count). The van der Waals surface area contributed by atoms with Crippen molar-refractivity contribution in [3.05, 3.63) is 34.9 Å². The monoisotopic (exact) mass is 364 g/mol. The summed E-state index contributed by atoms with van der Waals surface area (Å²) < 4.78 is 38.7. The molecule has 5 nitrogen and oxygen atoms in total. The first-order valence-corrected chi connectivity index (χ1v) is 8.59. The smallest absolute Gasteiger partial charge is 0.416 e. The quantitative estimate of drug-likeness (QED) is 0.877. The lowest BCUT2D eigenvalue weighted by Crippen LogP contribution is -2.50. The summed E-state index contributed by atoms with van der Waals surface area (Å²) in [6, 6.07) is 4.07. The van der Waals surface area contributed by atoms with Crippen molar-refractivity contribution >= 4 is 5.82 Å². The van der Waals surface area contributed by atoms with Gasteiger partial charge in [0, 0.05) is 30.3 Å². The lowest BCUT2D eigenvalue weighted by atomic mass is 9.99. The van der Waals surface area contributed by atoms with E-state index in [-0.39, 0.29) is 0 Å². The van der Waals surface area contributed by atoms with Gasteiger partial charge in [0.05, 0.1) is 11.3 Å². The van der Waals surface area contributed by atoms with Gasteiger partial charge in [-0.15, -0.1) is 10.2 Å². The number of hydrogen-bond acceptors (Lipinski definition) is 5. The molecular weight excluding hydrogens is 345 g/mol. The number of aryl methyl sites for hydroxylation is 1. The Morgan fingerprint density at radius 1 is 1.27 bits per heavy atom. The highest BCUT2D eigenvalue weighted by molar-refractivity contribution is 5.73. The molecule has 0 spiro atoms. The summed E-state index contributed by atoms with van der Waals surface area (Å²) in [6.07, 6.45) is -2.54. The number of fused-ring (bicyclic) bond motifs is 1. The van der Waals surface area contributed by atoms with Crippen LogP contribution >= 0.6 is 0 Å². The second-order valence-electron chi connectivity index (χ2n) is 6.90. The van der Waals surface area contributed by atoms with Crippen LogP contribution in [0.3, 0.4) is 0 Å². The molecule has 138 valence electrons. The van der Waals surface area contributed by atoms with E-state index >= 15 is 0 Å². The number of nitrogens with one attached hydrogen (secondary N) is 1. The average molecular weight is 364 g/mol. The molecule has 2 aliphatic heterocycles. The van der Waals surface area contributed by atoms with E-state index < -0.39 is 17.5 Å². The van der Waals surface area contributed by atoms with Crippen molar-refractivity contribution in [1.29, 1.82) is 0 Å². The van der Waals surface area contributed by atoms with Gasteiger partial charge in [0.1, 0.15) is 5.75 Å². The molecule has 26 heavy (non-hydrogen) atoms. The van der Waals surface area contributed by atoms with Crippen molar-refractivity contribution in [2.75, 3.05) is 24.5 Å². The number of halogens is 3. The molecular formula is C18H19F3N4O. The molecule has 0 aliphatic carbocycles. The predicted molar refractivity (Wildman–Crippen MR) is 91.2 cm³/mol. The summed E-state index contributed by atoms with van der Waals surface area (Å²) in [7, 11) is 0. The van der Waals surface area contributed by atoms with Crippen LogP contribution in [-0.4, -0.2) is 41.0 Å². The van der Waals surface area contributed by atoms with Crippen LogP contribution in [0.25, 0.3) is 11.3 Å². The van der Waals surface area contributed by atoms with Crippen molar-refractivity contribution in [2.45, 2.75) is 32.0 Å². The minimum absolute atomic E-state index is 0.299. The van der Waals surface area contributed by atoms with Crippen LogP contribution in [0.5, 0.6) is 5.75 Å². The standard InChI is InChI=1S/C18H19F3N4O/c1-10-6-12(18(19,20)21)8-15(26)16(10)14-7-11-3-5-25(17(11)24-23-14)9-13-2-4-22-13/h6-8,13,22,26H,2-5,9H2,1H3/t13-/m1/s1. The van der Waals surface area contributed by atoms with Gasteiger partial charge in [-0.05, 0) is 50.1 Å². The van der Waals surface area contributed by atoms with E-state index in [2.05, 4.69) is 20.4 Å². The van der Waals surface area contributed by atoms with Gasteiger partial charge in [0.25, 0.3) is 0 Å². The zero-order chi connectivity index (χ0) is 18.5. The Morgan fingerprint density at radius 3 is 2.65 bits per heavy atom. The number of benzene rings is 1. The highest BCUT2D eigenvalue weighted by atomic mass is 19.4. The number of aromatic hydroxyl groups is 1. The van der Waals surface area contributed by atoms with Crippen molar-refractivity contribution in [3.8, 4) is 17.0 Å². The number of hydrogen-bond donors (Lipinski definition) is 2. The van der Waals surface area contributed by atoms with Gasteiger partial charge in [0.2, 0.25) is 0 Å². The topological polar surface area (TPSA) is 61.3 Å². The number of phenols is 1. The van der Waals surface area contributed by atoms with E-state index in [9.17, 15) is 18.3 Å². The zero-order valence-electron chi connectivity index (χ0n) is 14.3. The van der Waals surface area contributed by atoms with Crippen LogP contribution in [-0.2, 0) is 12.6 Å². The van der Waals surface area contributed by atoms with E-state index in [1.54, 1.807) is 0 Å². The zero-order valence-corrected chi connectivity index (χ0v) is 14.3. The Kier molecular flexibility index (Phi) is 4.02. The molecule has 0 saturated carbocycles. The Bertz CT molecular complexity index is 826. The number of alkyl halides is 3. The Labute approximate surface area is 148 Å². The third kappa shape index (κ3) is 2.98. The molecule has 2 N–H and O–H groups in total. The van der Waals surface area contributed by atoms with Crippen LogP contribution < -0.4 is 10.2 Å². The van der Waals surface area contributed by atoms with Gasteiger partial charge in [0.15, 0.2) is 5.82 Å². The molecule has 0 amide bonds. The third-order valence-electron chi connectivity index (χ3n) is 5.07. The molecule has 0 unspecified atom stereocenters. The fourth-order valence-electron chi connectivity index (χ4n) is 3.57. The molecule has 0 radical (unpaired) electrons. The normalized spacial score (nSPS) is 19.4. The van der Waals surface area contributed by atoms with E-state index in [0.29, 0.717) is 22.9 Å². The Balaban J connectivity index is 1.65. The minimum Gasteiger partial charge on any atom is -0.507 e. The van der Waals surface area contributed by atoms with Crippen molar-refractivity contribution in [3.63, 3.8) is 0 Å². The van der Waals surface area contributed by atoms with Crippen LogP contribution in [0.15, 0.2) is 18.2 Å². The average Bonchev–Trinajstić information content (AvgIpc) is 2.91. The molecule has 1 atom stereocenters. The number of phenolic OH excluding ortho intramolecular Hbond substituents is 1. The van der Waals surface area contributed by atoms with Crippen molar-refractivity contribution in [2.24, 2.45) is 0 Å². The number of rotatable bonds is 3. The second kappa shape index (κ2) is 6.12. The summed E-state index contributed by atoms with van der Waals surface area (Å²) in [4.78, 5) is 2.18. The Hall–Kier alpha value is -2.35. The molecule has 8 heteroatoms. The minimum atomic E-state index is -4.50. The van der Waals surface area contributed by atoms with Gasteiger partial charge in [-0.25, -0.2) is 0 Å². The Morgan fingerprint density at radius 2 is 2.04 bits per heavy atom. The fraction of sp³-hybridized carbons (Fsp3) is 0.444. The van der Waals surface area contributed by atoms with Crippen molar-refractivity contribution < 1.29 is 18.3 Å². The summed E-state index contributed by atoms with van der Waals surface area (Å²) in [5.41, 5.74) is 1.15. The maximum absolute atomic E-state index is 12.9. The summed E-state index contributed by atoms with van der Waals surface area (Å²) in [6.45, 7) is 4.31. The highest BCUT2D eigenvalue weighted by Gasteiger charge is 2.32.